The lowest BCUT2D eigenvalue weighted by molar-refractivity contribution is -0.147. The van der Waals surface area contributed by atoms with Crippen LogP contribution in [0.25, 0.3) is 0 Å². The van der Waals surface area contributed by atoms with E-state index in [2.05, 4.69) is 10.6 Å². The van der Waals surface area contributed by atoms with Crippen molar-refractivity contribution in [2.75, 3.05) is 40.0 Å². The normalized spacial score (nSPS) is 24.6. The molecule has 1 unspecified atom stereocenters. The summed E-state index contributed by atoms with van der Waals surface area (Å²) >= 11 is 0. The number of rotatable bonds is 4. The average molecular weight is 293 g/mol. The summed E-state index contributed by atoms with van der Waals surface area (Å²) in [5.74, 6) is -0.460. The van der Waals surface area contributed by atoms with Gasteiger partial charge in [-0.1, -0.05) is 0 Å². The molecule has 0 aromatic rings. The van der Waals surface area contributed by atoms with Crippen molar-refractivity contribution in [3.05, 3.63) is 0 Å². The van der Waals surface area contributed by atoms with Crippen LogP contribution in [0.5, 0.6) is 0 Å². The summed E-state index contributed by atoms with van der Waals surface area (Å²) in [6, 6.07) is 0. The van der Waals surface area contributed by atoms with Crippen LogP contribution in [0.2, 0.25) is 0 Å². The van der Waals surface area contributed by atoms with Crippen LogP contribution in [0.4, 0.5) is 0 Å². The van der Waals surface area contributed by atoms with Crippen molar-refractivity contribution >= 4 is 24.3 Å². The van der Waals surface area contributed by atoms with Crippen LogP contribution in [0.15, 0.2) is 0 Å². The lowest BCUT2D eigenvalue weighted by Crippen LogP contribution is -2.41. The lowest BCUT2D eigenvalue weighted by atomic mass is 10.1. The molecule has 1 aliphatic heterocycles. The number of ether oxygens (including phenoxy) is 2. The van der Waals surface area contributed by atoms with Crippen molar-refractivity contribution in [1.29, 1.82) is 0 Å². The summed E-state index contributed by atoms with van der Waals surface area (Å²) in [5.41, 5.74) is -0.469. The third-order valence-corrected chi connectivity index (χ3v) is 3.58. The minimum atomic E-state index is -0.469. The van der Waals surface area contributed by atoms with Crippen LogP contribution in [0.3, 0.4) is 0 Å². The van der Waals surface area contributed by atoms with Gasteiger partial charge >= 0.3 is 5.97 Å². The molecule has 1 saturated carbocycles. The summed E-state index contributed by atoms with van der Waals surface area (Å²) in [6.45, 7) is 2.84. The minimum Gasteiger partial charge on any atom is -0.469 e. The molecule has 1 aliphatic carbocycles. The fourth-order valence-electron chi connectivity index (χ4n) is 2.09. The standard InChI is InChI=1S/C12H20N2O4.ClH/c1-17-11(16)12(2-3-12)8-14-10(15)9-6-13-4-5-18-7-9;/h9,13H,2-8H2,1H3,(H,14,15);1H. The SMILES string of the molecule is COC(=O)C1(CNC(=O)C2CNCCOC2)CC1.Cl. The molecule has 19 heavy (non-hydrogen) atoms. The molecule has 0 aromatic heterocycles. The van der Waals surface area contributed by atoms with Crippen molar-refractivity contribution in [3.63, 3.8) is 0 Å². The van der Waals surface area contributed by atoms with E-state index < -0.39 is 5.41 Å². The Bertz CT molecular complexity index is 326. The number of carbonyl (C=O) groups excluding carboxylic acids is 2. The molecule has 1 atom stereocenters. The molecule has 2 aliphatic rings. The van der Waals surface area contributed by atoms with Crippen LogP contribution < -0.4 is 10.6 Å². The van der Waals surface area contributed by atoms with Crippen molar-refractivity contribution in [1.82, 2.24) is 10.6 Å². The molecule has 1 heterocycles. The molecule has 7 heteroatoms. The number of carbonyl (C=O) groups is 2. The molecule has 0 spiro atoms. The molecule has 110 valence electrons. The van der Waals surface area contributed by atoms with Gasteiger partial charge in [0.1, 0.15) is 0 Å². The molecule has 6 nitrogen and oxygen atoms in total. The molecular weight excluding hydrogens is 272 g/mol. The van der Waals surface area contributed by atoms with E-state index in [0.29, 0.717) is 26.3 Å². The first kappa shape index (κ1) is 16.2. The molecule has 2 N–H and O–H groups in total. The zero-order valence-corrected chi connectivity index (χ0v) is 11.9. The molecule has 2 rings (SSSR count). The van der Waals surface area contributed by atoms with Crippen molar-refractivity contribution < 1.29 is 19.1 Å². The molecule has 0 bridgehead atoms. The zero-order valence-electron chi connectivity index (χ0n) is 11.1. The molecule has 1 saturated heterocycles. The van der Waals surface area contributed by atoms with Gasteiger partial charge in [0, 0.05) is 19.6 Å². The van der Waals surface area contributed by atoms with Crippen LogP contribution >= 0.6 is 12.4 Å². The van der Waals surface area contributed by atoms with E-state index in [0.717, 1.165) is 19.4 Å². The number of esters is 1. The predicted molar refractivity (Wildman–Crippen MR) is 71.1 cm³/mol. The van der Waals surface area contributed by atoms with Gasteiger partial charge in [-0.05, 0) is 12.8 Å². The van der Waals surface area contributed by atoms with Gasteiger partial charge in [0.15, 0.2) is 0 Å². The Kier molecular flexibility index (Phi) is 6.03. The van der Waals surface area contributed by atoms with Crippen LogP contribution in [-0.2, 0) is 19.1 Å². The Morgan fingerprint density at radius 3 is 2.84 bits per heavy atom. The van der Waals surface area contributed by atoms with Crippen molar-refractivity contribution in [2.24, 2.45) is 11.3 Å². The zero-order chi connectivity index (χ0) is 13.0. The quantitative estimate of drug-likeness (QED) is 0.697. The van der Waals surface area contributed by atoms with Gasteiger partial charge < -0.3 is 20.1 Å². The third kappa shape index (κ3) is 4.06. The number of methoxy groups -OCH3 is 1. The van der Waals surface area contributed by atoms with Gasteiger partial charge in [-0.15, -0.1) is 12.4 Å². The largest absolute Gasteiger partial charge is 0.469 e. The first-order chi connectivity index (χ1) is 8.68. The van der Waals surface area contributed by atoms with Gasteiger partial charge in [0.25, 0.3) is 0 Å². The highest BCUT2D eigenvalue weighted by atomic mass is 35.5. The Labute approximate surface area is 119 Å². The van der Waals surface area contributed by atoms with Crippen LogP contribution in [0.1, 0.15) is 12.8 Å². The highest BCUT2D eigenvalue weighted by molar-refractivity contribution is 5.85. The Balaban J connectivity index is 0.00000180. The van der Waals surface area contributed by atoms with Gasteiger partial charge in [-0.25, -0.2) is 0 Å². The number of nitrogens with one attached hydrogen (secondary N) is 2. The highest BCUT2D eigenvalue weighted by Crippen LogP contribution is 2.46. The second kappa shape index (κ2) is 7.07. The molecule has 0 radical (unpaired) electrons. The monoisotopic (exact) mass is 292 g/mol. The van der Waals surface area contributed by atoms with Crippen LogP contribution in [0, 0.1) is 11.3 Å². The fraction of sp³-hybridized carbons (Fsp3) is 0.833. The number of amides is 1. The Morgan fingerprint density at radius 1 is 1.47 bits per heavy atom. The van der Waals surface area contributed by atoms with Gasteiger partial charge in [-0.2, -0.15) is 0 Å². The highest BCUT2D eigenvalue weighted by Gasteiger charge is 2.51. The van der Waals surface area contributed by atoms with E-state index >= 15 is 0 Å². The number of hydrogen-bond acceptors (Lipinski definition) is 5. The summed E-state index contributed by atoms with van der Waals surface area (Å²) in [7, 11) is 1.38. The van der Waals surface area contributed by atoms with E-state index in [1.54, 1.807) is 0 Å². The van der Waals surface area contributed by atoms with Gasteiger partial charge in [0.05, 0.1) is 31.7 Å². The van der Waals surface area contributed by atoms with Gasteiger partial charge in [0.2, 0.25) is 5.91 Å². The second-order valence-corrected chi connectivity index (χ2v) is 4.97. The molecule has 2 fully saturated rings. The van der Waals surface area contributed by atoms with E-state index in [-0.39, 0.29) is 30.2 Å². The summed E-state index contributed by atoms with van der Waals surface area (Å²) in [6.07, 6.45) is 1.58. The van der Waals surface area contributed by atoms with E-state index in [9.17, 15) is 9.59 Å². The maximum Gasteiger partial charge on any atom is 0.313 e. The topological polar surface area (TPSA) is 76.7 Å². The molecule has 1 amide bonds. The van der Waals surface area contributed by atoms with Gasteiger partial charge in [-0.3, -0.25) is 9.59 Å². The molecular formula is C12H21ClN2O4. The minimum absolute atomic E-state index is 0. The summed E-state index contributed by atoms with van der Waals surface area (Å²) < 4.78 is 10.1. The fourth-order valence-corrected chi connectivity index (χ4v) is 2.09. The number of halogens is 1. The molecule has 0 aromatic carbocycles. The van der Waals surface area contributed by atoms with E-state index in [4.69, 9.17) is 9.47 Å². The maximum atomic E-state index is 12.0. The van der Waals surface area contributed by atoms with E-state index in [1.165, 1.54) is 7.11 Å². The maximum absolute atomic E-state index is 12.0. The second-order valence-electron chi connectivity index (χ2n) is 4.97. The van der Waals surface area contributed by atoms with Crippen LogP contribution in [-0.4, -0.2) is 51.8 Å². The van der Waals surface area contributed by atoms with Crippen molar-refractivity contribution in [3.8, 4) is 0 Å². The smallest absolute Gasteiger partial charge is 0.313 e. The number of hydrogen-bond donors (Lipinski definition) is 2. The Morgan fingerprint density at radius 2 is 2.21 bits per heavy atom. The first-order valence-corrected chi connectivity index (χ1v) is 6.32. The predicted octanol–water partition coefficient (Wildman–Crippen LogP) is -0.286. The first-order valence-electron chi connectivity index (χ1n) is 6.32. The lowest BCUT2D eigenvalue weighted by Gasteiger charge is -2.17. The van der Waals surface area contributed by atoms with E-state index in [1.807, 2.05) is 0 Å². The average Bonchev–Trinajstić information content (AvgIpc) is 3.19. The third-order valence-electron chi connectivity index (χ3n) is 3.58. The summed E-state index contributed by atoms with van der Waals surface area (Å²) in [5, 5.41) is 5.99. The summed E-state index contributed by atoms with van der Waals surface area (Å²) in [4.78, 5) is 23.5. The van der Waals surface area contributed by atoms with Crippen molar-refractivity contribution in [2.45, 2.75) is 12.8 Å². The Hall–Kier alpha value is -0.850.